The minimum Gasteiger partial charge on any atom is -0.395 e. The van der Waals surface area contributed by atoms with E-state index in [1.54, 1.807) is 24.3 Å². The number of aromatic amines is 1. The Kier molecular flexibility index (Phi) is 4.32. The fourth-order valence-corrected chi connectivity index (χ4v) is 2.05. The van der Waals surface area contributed by atoms with Crippen molar-refractivity contribution < 1.29 is 9.90 Å². The summed E-state index contributed by atoms with van der Waals surface area (Å²) in [5, 5.41) is 9.46. The summed E-state index contributed by atoms with van der Waals surface area (Å²) in [6.45, 7) is 3.86. The van der Waals surface area contributed by atoms with Gasteiger partial charge in [0, 0.05) is 30.2 Å². The molecule has 0 aliphatic carbocycles. The number of carbonyl (C=O) groups excluding carboxylic acids is 1. The summed E-state index contributed by atoms with van der Waals surface area (Å²) in [6.07, 6.45) is 2.98. The molecule has 5 heteroatoms. The van der Waals surface area contributed by atoms with Crippen LogP contribution in [-0.4, -0.2) is 40.6 Å². The molecule has 0 atom stereocenters. The number of rotatable bonds is 5. The lowest BCUT2D eigenvalue weighted by Gasteiger charge is -2.19. The minimum atomic E-state index is -0.411. The van der Waals surface area contributed by atoms with Crippen molar-refractivity contribution in [2.75, 3.05) is 19.7 Å². The molecule has 1 heterocycles. The maximum atomic E-state index is 12.3. The molecule has 5 nitrogen and oxygen atoms in total. The zero-order valence-electron chi connectivity index (χ0n) is 11.0. The van der Waals surface area contributed by atoms with E-state index in [0.29, 0.717) is 10.9 Å². The van der Waals surface area contributed by atoms with Crippen LogP contribution in [-0.2, 0) is 0 Å². The van der Waals surface area contributed by atoms with E-state index < -0.39 is 5.91 Å². The first-order valence-electron chi connectivity index (χ1n) is 6.30. The van der Waals surface area contributed by atoms with Crippen LogP contribution in [0.5, 0.6) is 0 Å². The zero-order valence-corrected chi connectivity index (χ0v) is 11.0. The molecule has 2 aromatic rings. The van der Waals surface area contributed by atoms with E-state index in [2.05, 4.69) is 11.6 Å². The fraction of sp³-hybridized carbons (Fsp3) is 0.200. The lowest BCUT2D eigenvalue weighted by Crippen LogP contribution is -2.36. The van der Waals surface area contributed by atoms with Gasteiger partial charge in [0.15, 0.2) is 0 Å². The van der Waals surface area contributed by atoms with Gasteiger partial charge in [-0.2, -0.15) is 0 Å². The van der Waals surface area contributed by atoms with E-state index >= 15 is 0 Å². The molecule has 0 radical (unpaired) electrons. The summed E-state index contributed by atoms with van der Waals surface area (Å²) in [4.78, 5) is 29.0. The van der Waals surface area contributed by atoms with E-state index in [4.69, 9.17) is 5.11 Å². The molecule has 20 heavy (non-hydrogen) atoms. The SMILES string of the molecule is C=CCN(CCO)C(=O)c1c[nH]c2ccccc2c1=O. The standard InChI is InChI=1S/C15H16N2O3/c1-2-7-17(8-9-18)15(20)12-10-16-13-6-4-3-5-11(13)14(12)19/h2-6,10,18H,1,7-9H2,(H,16,19). The van der Waals surface area contributed by atoms with E-state index in [-0.39, 0.29) is 30.7 Å². The second kappa shape index (κ2) is 6.16. The average Bonchev–Trinajstić information content (AvgIpc) is 2.47. The van der Waals surface area contributed by atoms with Crippen molar-refractivity contribution in [2.45, 2.75) is 0 Å². The molecule has 0 fully saturated rings. The highest BCUT2D eigenvalue weighted by Gasteiger charge is 2.18. The monoisotopic (exact) mass is 272 g/mol. The van der Waals surface area contributed by atoms with Crippen LogP contribution >= 0.6 is 0 Å². The Morgan fingerprint density at radius 2 is 2.15 bits per heavy atom. The van der Waals surface area contributed by atoms with Crippen molar-refractivity contribution in [3.05, 3.63) is 58.9 Å². The predicted molar refractivity (Wildman–Crippen MR) is 77.8 cm³/mol. The van der Waals surface area contributed by atoms with Crippen molar-refractivity contribution in [2.24, 2.45) is 0 Å². The number of benzene rings is 1. The van der Waals surface area contributed by atoms with Gasteiger partial charge in [-0.3, -0.25) is 9.59 Å². The average molecular weight is 272 g/mol. The normalized spacial score (nSPS) is 10.4. The van der Waals surface area contributed by atoms with Crippen LogP contribution < -0.4 is 5.43 Å². The molecule has 0 spiro atoms. The number of nitrogens with zero attached hydrogens (tertiary/aromatic N) is 1. The van der Waals surface area contributed by atoms with Crippen molar-refractivity contribution in [3.63, 3.8) is 0 Å². The number of carbonyl (C=O) groups is 1. The van der Waals surface area contributed by atoms with Crippen molar-refractivity contribution in [1.29, 1.82) is 0 Å². The molecule has 1 aromatic heterocycles. The van der Waals surface area contributed by atoms with Gasteiger partial charge in [0.25, 0.3) is 5.91 Å². The molecule has 1 amide bonds. The van der Waals surface area contributed by atoms with E-state index in [1.807, 2.05) is 6.07 Å². The summed E-state index contributed by atoms with van der Waals surface area (Å²) in [6, 6.07) is 7.02. The maximum Gasteiger partial charge on any atom is 0.259 e. The van der Waals surface area contributed by atoms with E-state index in [9.17, 15) is 9.59 Å². The van der Waals surface area contributed by atoms with Gasteiger partial charge in [0.2, 0.25) is 5.43 Å². The number of fused-ring (bicyclic) bond motifs is 1. The molecule has 0 saturated heterocycles. The molecular formula is C15H16N2O3. The highest BCUT2D eigenvalue weighted by molar-refractivity contribution is 5.97. The topological polar surface area (TPSA) is 73.4 Å². The first-order valence-corrected chi connectivity index (χ1v) is 6.30. The molecule has 0 aliphatic rings. The second-order valence-electron chi connectivity index (χ2n) is 4.34. The number of hydrogen-bond donors (Lipinski definition) is 2. The van der Waals surface area contributed by atoms with E-state index in [1.165, 1.54) is 11.1 Å². The summed E-state index contributed by atoms with van der Waals surface area (Å²) < 4.78 is 0. The van der Waals surface area contributed by atoms with Gasteiger partial charge in [-0.1, -0.05) is 18.2 Å². The Balaban J connectivity index is 2.46. The summed E-state index contributed by atoms with van der Waals surface area (Å²) in [5.41, 5.74) is 0.446. The first-order chi connectivity index (χ1) is 9.69. The first kappa shape index (κ1) is 14.0. The van der Waals surface area contributed by atoms with Crippen LogP contribution in [0.4, 0.5) is 0 Å². The van der Waals surface area contributed by atoms with Crippen LogP contribution in [0.25, 0.3) is 10.9 Å². The number of hydrogen-bond acceptors (Lipinski definition) is 3. The zero-order chi connectivity index (χ0) is 14.5. The molecular weight excluding hydrogens is 256 g/mol. The van der Waals surface area contributed by atoms with Gasteiger partial charge in [0.05, 0.1) is 6.61 Å². The minimum absolute atomic E-state index is 0.0685. The number of para-hydroxylation sites is 1. The van der Waals surface area contributed by atoms with Crippen molar-refractivity contribution in [1.82, 2.24) is 9.88 Å². The van der Waals surface area contributed by atoms with Crippen LogP contribution in [0.2, 0.25) is 0 Å². The number of aliphatic hydroxyl groups excluding tert-OH is 1. The predicted octanol–water partition coefficient (Wildman–Crippen LogP) is 1.15. The Hall–Kier alpha value is -2.40. The summed E-state index contributed by atoms with van der Waals surface area (Å²) in [5.74, 6) is -0.411. The van der Waals surface area contributed by atoms with Gasteiger partial charge in [-0.05, 0) is 12.1 Å². The van der Waals surface area contributed by atoms with Crippen molar-refractivity contribution in [3.8, 4) is 0 Å². The van der Waals surface area contributed by atoms with Gasteiger partial charge in [-0.15, -0.1) is 6.58 Å². The van der Waals surface area contributed by atoms with Gasteiger partial charge in [-0.25, -0.2) is 0 Å². The molecule has 0 unspecified atom stereocenters. The third kappa shape index (κ3) is 2.62. The molecule has 0 saturated carbocycles. The number of aliphatic hydroxyl groups is 1. The fourth-order valence-electron chi connectivity index (χ4n) is 2.05. The maximum absolute atomic E-state index is 12.3. The number of amides is 1. The van der Waals surface area contributed by atoms with Gasteiger partial charge >= 0.3 is 0 Å². The van der Waals surface area contributed by atoms with E-state index in [0.717, 1.165) is 0 Å². The highest BCUT2D eigenvalue weighted by Crippen LogP contribution is 2.08. The van der Waals surface area contributed by atoms with Crippen LogP contribution in [0.3, 0.4) is 0 Å². The molecule has 104 valence electrons. The molecule has 2 N–H and O–H groups in total. The Labute approximate surface area is 116 Å². The second-order valence-corrected chi connectivity index (χ2v) is 4.34. The van der Waals surface area contributed by atoms with Crippen LogP contribution in [0, 0.1) is 0 Å². The molecule has 0 aliphatic heterocycles. The van der Waals surface area contributed by atoms with Crippen LogP contribution in [0.15, 0.2) is 47.9 Å². The molecule has 0 bridgehead atoms. The number of pyridine rings is 1. The molecule has 2 rings (SSSR count). The quantitative estimate of drug-likeness (QED) is 0.802. The third-order valence-electron chi connectivity index (χ3n) is 3.03. The highest BCUT2D eigenvalue weighted by atomic mass is 16.3. The smallest absolute Gasteiger partial charge is 0.259 e. The van der Waals surface area contributed by atoms with Crippen LogP contribution in [0.1, 0.15) is 10.4 Å². The summed E-state index contributed by atoms with van der Waals surface area (Å²) >= 11 is 0. The van der Waals surface area contributed by atoms with Gasteiger partial charge < -0.3 is 15.0 Å². The number of H-pyrrole nitrogens is 1. The Morgan fingerprint density at radius 1 is 1.40 bits per heavy atom. The van der Waals surface area contributed by atoms with Crippen molar-refractivity contribution >= 4 is 16.8 Å². The van der Waals surface area contributed by atoms with Gasteiger partial charge in [0.1, 0.15) is 5.56 Å². The Bertz CT molecular complexity index is 691. The Morgan fingerprint density at radius 3 is 2.85 bits per heavy atom. The number of nitrogens with one attached hydrogen (secondary N) is 1. The lowest BCUT2D eigenvalue weighted by atomic mass is 10.1. The number of aromatic nitrogens is 1. The third-order valence-corrected chi connectivity index (χ3v) is 3.03. The summed E-state index contributed by atoms with van der Waals surface area (Å²) in [7, 11) is 0. The largest absolute Gasteiger partial charge is 0.395 e. The lowest BCUT2D eigenvalue weighted by molar-refractivity contribution is 0.0741. The molecule has 1 aromatic carbocycles.